The molecule has 2 rings (SSSR count). The molecule has 18 heavy (non-hydrogen) atoms. The standard InChI is InChI=1S/C14H20N2O2/c17-14(18)16-10-6-2-5-9-13(16)15-11-12-7-3-1-4-8-12/h1,3-4,7-8,13,15H,2,5-6,9-11H2,(H,17,18). The normalized spacial score (nSPS) is 20.4. The second kappa shape index (κ2) is 6.40. The van der Waals surface area contributed by atoms with Gasteiger partial charge in [-0.3, -0.25) is 10.2 Å². The minimum absolute atomic E-state index is 0.0507. The van der Waals surface area contributed by atoms with Gasteiger partial charge in [-0.1, -0.05) is 36.8 Å². The Morgan fingerprint density at radius 2 is 2.06 bits per heavy atom. The topological polar surface area (TPSA) is 52.6 Å². The zero-order valence-electron chi connectivity index (χ0n) is 10.5. The van der Waals surface area contributed by atoms with Gasteiger partial charge in [-0.25, -0.2) is 4.79 Å². The van der Waals surface area contributed by atoms with Gasteiger partial charge < -0.3 is 5.11 Å². The Kier molecular flexibility index (Phi) is 4.59. The summed E-state index contributed by atoms with van der Waals surface area (Å²) in [6, 6.07) is 10.1. The number of hydrogen-bond donors (Lipinski definition) is 2. The average molecular weight is 248 g/mol. The fraction of sp³-hybridized carbons (Fsp3) is 0.500. The highest BCUT2D eigenvalue weighted by atomic mass is 16.4. The summed E-state index contributed by atoms with van der Waals surface area (Å²) in [4.78, 5) is 12.8. The van der Waals surface area contributed by atoms with Crippen molar-refractivity contribution < 1.29 is 9.90 Å². The molecule has 0 aliphatic carbocycles. The van der Waals surface area contributed by atoms with Crippen molar-refractivity contribution in [2.45, 2.75) is 38.4 Å². The molecule has 1 heterocycles. The molecule has 1 aliphatic rings. The Bertz CT molecular complexity index is 381. The lowest BCUT2D eigenvalue weighted by molar-refractivity contribution is 0.114. The fourth-order valence-electron chi connectivity index (χ4n) is 2.38. The van der Waals surface area contributed by atoms with E-state index in [1.807, 2.05) is 18.2 Å². The first-order valence-corrected chi connectivity index (χ1v) is 6.54. The molecular weight excluding hydrogens is 228 g/mol. The molecule has 2 N–H and O–H groups in total. The van der Waals surface area contributed by atoms with Crippen LogP contribution in [0, 0.1) is 0 Å². The number of nitrogens with zero attached hydrogens (tertiary/aromatic N) is 1. The summed E-state index contributed by atoms with van der Waals surface area (Å²) < 4.78 is 0. The summed E-state index contributed by atoms with van der Waals surface area (Å²) in [7, 11) is 0. The van der Waals surface area contributed by atoms with Crippen molar-refractivity contribution in [1.29, 1.82) is 0 Å². The summed E-state index contributed by atoms with van der Waals surface area (Å²) in [5, 5.41) is 12.6. The largest absolute Gasteiger partial charge is 0.465 e. The molecule has 1 aliphatic heterocycles. The first kappa shape index (κ1) is 12.9. The zero-order valence-corrected chi connectivity index (χ0v) is 10.5. The second-order valence-corrected chi connectivity index (χ2v) is 4.71. The van der Waals surface area contributed by atoms with Crippen LogP contribution in [0.5, 0.6) is 0 Å². The monoisotopic (exact) mass is 248 g/mol. The van der Waals surface area contributed by atoms with Gasteiger partial charge in [0, 0.05) is 13.1 Å². The maximum atomic E-state index is 11.2. The van der Waals surface area contributed by atoms with E-state index in [4.69, 9.17) is 0 Å². The van der Waals surface area contributed by atoms with Gasteiger partial charge in [0.25, 0.3) is 0 Å². The number of benzene rings is 1. The van der Waals surface area contributed by atoms with E-state index in [9.17, 15) is 9.90 Å². The molecule has 0 saturated carbocycles. The van der Waals surface area contributed by atoms with Gasteiger partial charge in [0.05, 0.1) is 6.17 Å². The Morgan fingerprint density at radius 1 is 1.28 bits per heavy atom. The van der Waals surface area contributed by atoms with E-state index >= 15 is 0 Å². The van der Waals surface area contributed by atoms with Crippen molar-refractivity contribution in [1.82, 2.24) is 10.2 Å². The van der Waals surface area contributed by atoms with E-state index in [1.54, 1.807) is 0 Å². The van der Waals surface area contributed by atoms with Crippen LogP contribution in [0.3, 0.4) is 0 Å². The lowest BCUT2D eigenvalue weighted by Crippen LogP contribution is -2.47. The maximum absolute atomic E-state index is 11.2. The van der Waals surface area contributed by atoms with Crippen LogP contribution in [0.2, 0.25) is 0 Å². The molecule has 0 bridgehead atoms. The minimum Gasteiger partial charge on any atom is -0.465 e. The van der Waals surface area contributed by atoms with Crippen LogP contribution in [0.4, 0.5) is 4.79 Å². The third-order valence-corrected chi connectivity index (χ3v) is 3.38. The van der Waals surface area contributed by atoms with Gasteiger partial charge in [0.1, 0.15) is 0 Å². The molecule has 1 fully saturated rings. The van der Waals surface area contributed by atoms with Gasteiger partial charge in [0.15, 0.2) is 0 Å². The summed E-state index contributed by atoms with van der Waals surface area (Å²) in [5.41, 5.74) is 1.19. The SMILES string of the molecule is O=C(O)N1CCCCCC1NCc1ccccc1. The Labute approximate surface area is 108 Å². The predicted molar refractivity (Wildman–Crippen MR) is 70.3 cm³/mol. The summed E-state index contributed by atoms with van der Waals surface area (Å²) in [5.74, 6) is 0. The van der Waals surface area contributed by atoms with Crippen LogP contribution in [0.1, 0.15) is 31.2 Å². The van der Waals surface area contributed by atoms with Crippen LogP contribution in [-0.4, -0.2) is 28.8 Å². The molecule has 4 heteroatoms. The second-order valence-electron chi connectivity index (χ2n) is 4.71. The maximum Gasteiger partial charge on any atom is 0.408 e. The highest BCUT2D eigenvalue weighted by Gasteiger charge is 2.24. The Hall–Kier alpha value is -1.55. The number of carboxylic acid groups (broad SMARTS) is 1. The molecule has 1 aromatic carbocycles. The van der Waals surface area contributed by atoms with Crippen molar-refractivity contribution in [2.75, 3.05) is 6.54 Å². The molecule has 0 radical (unpaired) electrons. The lowest BCUT2D eigenvalue weighted by Gasteiger charge is -2.28. The molecule has 98 valence electrons. The van der Waals surface area contributed by atoms with Crippen molar-refractivity contribution in [2.24, 2.45) is 0 Å². The number of hydrogen-bond acceptors (Lipinski definition) is 2. The van der Waals surface area contributed by atoms with Gasteiger partial charge in [0.2, 0.25) is 0 Å². The number of rotatable bonds is 3. The molecular formula is C14H20N2O2. The molecule has 0 spiro atoms. The number of likely N-dealkylation sites (tertiary alicyclic amines) is 1. The quantitative estimate of drug-likeness (QED) is 0.864. The van der Waals surface area contributed by atoms with Crippen LogP contribution in [0.15, 0.2) is 30.3 Å². The number of nitrogens with one attached hydrogen (secondary N) is 1. The lowest BCUT2D eigenvalue weighted by atomic mass is 10.2. The van der Waals surface area contributed by atoms with Crippen LogP contribution in [0.25, 0.3) is 0 Å². The fourth-order valence-corrected chi connectivity index (χ4v) is 2.38. The van der Waals surface area contributed by atoms with E-state index in [2.05, 4.69) is 17.4 Å². The minimum atomic E-state index is -0.817. The van der Waals surface area contributed by atoms with Crippen molar-refractivity contribution in [3.8, 4) is 0 Å². The summed E-state index contributed by atoms with van der Waals surface area (Å²) >= 11 is 0. The van der Waals surface area contributed by atoms with Gasteiger partial charge >= 0.3 is 6.09 Å². The molecule has 1 unspecified atom stereocenters. The highest BCUT2D eigenvalue weighted by molar-refractivity contribution is 5.65. The van der Waals surface area contributed by atoms with Crippen molar-refractivity contribution in [3.05, 3.63) is 35.9 Å². The Morgan fingerprint density at radius 3 is 2.78 bits per heavy atom. The highest BCUT2D eigenvalue weighted by Crippen LogP contribution is 2.15. The van der Waals surface area contributed by atoms with E-state index < -0.39 is 6.09 Å². The van der Waals surface area contributed by atoms with Crippen molar-refractivity contribution >= 4 is 6.09 Å². The predicted octanol–water partition coefficient (Wildman–Crippen LogP) is 2.66. The van der Waals surface area contributed by atoms with E-state index in [0.29, 0.717) is 6.54 Å². The molecule has 0 aromatic heterocycles. The van der Waals surface area contributed by atoms with Crippen LogP contribution >= 0.6 is 0 Å². The molecule has 1 amide bonds. The third kappa shape index (κ3) is 3.47. The van der Waals surface area contributed by atoms with Gasteiger partial charge in [-0.05, 0) is 24.8 Å². The van der Waals surface area contributed by atoms with Gasteiger partial charge in [-0.2, -0.15) is 0 Å². The number of carbonyl (C=O) groups is 1. The van der Waals surface area contributed by atoms with Gasteiger partial charge in [-0.15, -0.1) is 0 Å². The van der Waals surface area contributed by atoms with Crippen LogP contribution < -0.4 is 5.32 Å². The van der Waals surface area contributed by atoms with E-state index in [-0.39, 0.29) is 6.17 Å². The molecule has 1 saturated heterocycles. The number of amides is 1. The van der Waals surface area contributed by atoms with Crippen LogP contribution in [-0.2, 0) is 6.54 Å². The Balaban J connectivity index is 1.94. The zero-order chi connectivity index (χ0) is 12.8. The molecule has 4 nitrogen and oxygen atoms in total. The third-order valence-electron chi connectivity index (χ3n) is 3.38. The molecule has 1 aromatic rings. The molecule has 1 atom stereocenters. The first-order chi connectivity index (χ1) is 8.77. The smallest absolute Gasteiger partial charge is 0.408 e. The van der Waals surface area contributed by atoms with E-state index in [0.717, 1.165) is 32.2 Å². The average Bonchev–Trinajstić information content (AvgIpc) is 2.63. The van der Waals surface area contributed by atoms with E-state index in [1.165, 1.54) is 10.5 Å². The first-order valence-electron chi connectivity index (χ1n) is 6.54. The van der Waals surface area contributed by atoms with Crippen molar-refractivity contribution in [3.63, 3.8) is 0 Å². The summed E-state index contributed by atoms with van der Waals surface area (Å²) in [6.07, 6.45) is 3.21. The summed E-state index contributed by atoms with van der Waals surface area (Å²) in [6.45, 7) is 1.36.